The molecule has 0 radical (unpaired) electrons. The number of H-pyrrole nitrogens is 1. The van der Waals surface area contributed by atoms with Gasteiger partial charge in [0, 0.05) is 12.1 Å². The van der Waals surface area contributed by atoms with Crippen molar-refractivity contribution in [2.24, 2.45) is 0 Å². The molecule has 1 amide bonds. The average Bonchev–Trinajstić information content (AvgIpc) is 3.15. The van der Waals surface area contributed by atoms with E-state index in [0.717, 1.165) is 5.56 Å². The number of hydrogen-bond acceptors (Lipinski definition) is 5. The van der Waals surface area contributed by atoms with E-state index < -0.39 is 12.1 Å². The van der Waals surface area contributed by atoms with Gasteiger partial charge in [0.15, 0.2) is 0 Å². The minimum Gasteiger partial charge on any atom is -0.453 e. The maximum Gasteiger partial charge on any atom is 0.339 e. The van der Waals surface area contributed by atoms with Crippen molar-refractivity contribution in [3.05, 3.63) is 112 Å². The van der Waals surface area contributed by atoms with E-state index in [4.69, 9.17) is 4.74 Å². The molecule has 5 rings (SSSR count). The molecule has 0 fully saturated rings. The minimum atomic E-state index is -0.636. The molecule has 1 aliphatic heterocycles. The third-order valence-corrected chi connectivity index (χ3v) is 5.71. The fourth-order valence-corrected chi connectivity index (χ4v) is 4.09. The van der Waals surface area contributed by atoms with Crippen LogP contribution in [0.15, 0.2) is 83.7 Å². The molecular weight excluding hydrogens is 418 g/mol. The molecule has 1 aromatic heterocycles. The Balaban J connectivity index is 1.43. The minimum absolute atomic E-state index is 0.00734. The third kappa shape index (κ3) is 4.25. The Hall–Kier alpha value is -4.26. The van der Waals surface area contributed by atoms with Crippen molar-refractivity contribution in [1.29, 1.82) is 0 Å². The first-order valence-corrected chi connectivity index (χ1v) is 10.7. The average molecular weight is 439 g/mol. The molecule has 7 nitrogen and oxygen atoms in total. The zero-order valence-electron chi connectivity index (χ0n) is 17.7. The van der Waals surface area contributed by atoms with Gasteiger partial charge in [0.1, 0.15) is 11.9 Å². The summed E-state index contributed by atoms with van der Waals surface area (Å²) in [6, 6.07) is 23.8. The van der Waals surface area contributed by atoms with Crippen LogP contribution in [0.5, 0.6) is 0 Å². The van der Waals surface area contributed by atoms with Gasteiger partial charge < -0.3 is 14.6 Å². The Morgan fingerprint density at radius 3 is 2.48 bits per heavy atom. The number of hydrogen-bond donors (Lipinski definition) is 1. The van der Waals surface area contributed by atoms with Crippen LogP contribution in [-0.4, -0.2) is 26.7 Å². The lowest BCUT2D eigenvalue weighted by molar-refractivity contribution is -0.134. The number of carbonyl (C=O) groups excluding carboxylic acids is 2. The van der Waals surface area contributed by atoms with Crippen LogP contribution in [0, 0.1) is 0 Å². The van der Waals surface area contributed by atoms with E-state index in [2.05, 4.69) is 9.97 Å². The first-order valence-electron chi connectivity index (χ1n) is 10.7. The summed E-state index contributed by atoms with van der Waals surface area (Å²) in [5.41, 5.74) is 2.47. The summed E-state index contributed by atoms with van der Waals surface area (Å²) in [5.74, 6) is -0.227. The summed E-state index contributed by atoms with van der Waals surface area (Å²) >= 11 is 0. The predicted molar refractivity (Wildman–Crippen MR) is 122 cm³/mol. The number of amides is 1. The number of nitrogens with zero attached hydrogens (tertiary/aromatic N) is 2. The Kier molecular flexibility index (Phi) is 5.44. The van der Waals surface area contributed by atoms with Gasteiger partial charge in [-0.2, -0.15) is 0 Å². The molecular formula is C26H21N3O4. The van der Waals surface area contributed by atoms with Crippen molar-refractivity contribution >= 4 is 22.8 Å². The molecule has 0 aliphatic carbocycles. The summed E-state index contributed by atoms with van der Waals surface area (Å²) in [6.45, 7) is 0.453. The van der Waals surface area contributed by atoms with E-state index in [0.29, 0.717) is 34.4 Å². The van der Waals surface area contributed by atoms with Gasteiger partial charge in [0.05, 0.1) is 29.4 Å². The fourth-order valence-electron chi connectivity index (χ4n) is 4.09. The van der Waals surface area contributed by atoms with Gasteiger partial charge in [-0.3, -0.25) is 9.59 Å². The number of benzene rings is 3. The highest BCUT2D eigenvalue weighted by Gasteiger charge is 2.33. The fraction of sp³-hybridized carbons (Fsp3) is 0.154. The van der Waals surface area contributed by atoms with Crippen LogP contribution in [0.4, 0.5) is 0 Å². The van der Waals surface area contributed by atoms with Gasteiger partial charge in [0.2, 0.25) is 5.91 Å². The Bertz CT molecular complexity index is 1400. The van der Waals surface area contributed by atoms with Crippen molar-refractivity contribution in [1.82, 2.24) is 14.9 Å². The first-order chi connectivity index (χ1) is 16.1. The van der Waals surface area contributed by atoms with E-state index in [9.17, 15) is 14.4 Å². The number of aromatic amines is 1. The number of ether oxygens (including phenoxy) is 1. The molecule has 0 bridgehead atoms. The number of rotatable bonds is 6. The van der Waals surface area contributed by atoms with Crippen molar-refractivity contribution in [2.75, 3.05) is 0 Å². The van der Waals surface area contributed by atoms with Crippen molar-refractivity contribution in [3.63, 3.8) is 0 Å². The maximum atomic E-state index is 13.4. The molecule has 0 spiro atoms. The highest BCUT2D eigenvalue weighted by Crippen LogP contribution is 2.33. The van der Waals surface area contributed by atoms with Crippen molar-refractivity contribution in [2.45, 2.75) is 25.6 Å². The molecule has 2 heterocycles. The van der Waals surface area contributed by atoms with E-state index in [1.807, 2.05) is 48.5 Å². The second kappa shape index (κ2) is 8.70. The highest BCUT2D eigenvalue weighted by molar-refractivity contribution is 5.94. The summed E-state index contributed by atoms with van der Waals surface area (Å²) in [6.07, 6.45) is -0.629. The van der Waals surface area contributed by atoms with E-state index >= 15 is 0 Å². The largest absolute Gasteiger partial charge is 0.453 e. The molecule has 1 N–H and O–H groups in total. The van der Waals surface area contributed by atoms with Crippen LogP contribution in [0.25, 0.3) is 10.9 Å². The second-order valence-electron chi connectivity index (χ2n) is 7.95. The molecule has 0 saturated heterocycles. The monoisotopic (exact) mass is 439 g/mol. The molecule has 33 heavy (non-hydrogen) atoms. The van der Waals surface area contributed by atoms with Gasteiger partial charge in [-0.15, -0.1) is 0 Å². The lowest BCUT2D eigenvalue weighted by Crippen LogP contribution is -2.32. The number of fused-ring (bicyclic) bond motifs is 2. The van der Waals surface area contributed by atoms with Crippen LogP contribution in [0.1, 0.15) is 39.8 Å². The van der Waals surface area contributed by atoms with Crippen molar-refractivity contribution in [3.8, 4) is 0 Å². The summed E-state index contributed by atoms with van der Waals surface area (Å²) in [4.78, 5) is 47.0. The van der Waals surface area contributed by atoms with Crippen LogP contribution in [0.3, 0.4) is 0 Å². The number of carbonyl (C=O) groups is 2. The molecule has 164 valence electrons. The Morgan fingerprint density at radius 2 is 1.64 bits per heavy atom. The quantitative estimate of drug-likeness (QED) is 0.462. The zero-order valence-corrected chi connectivity index (χ0v) is 17.7. The SMILES string of the molecule is O=C1O[C@H](CC(=O)N(Cc2ccccc2)Cc2nc3ccccc3c(=O)[nH]2)c2ccccc21. The maximum absolute atomic E-state index is 13.4. The number of nitrogens with one attached hydrogen (secondary N) is 1. The molecule has 0 unspecified atom stereocenters. The van der Waals surface area contributed by atoms with Crippen LogP contribution < -0.4 is 5.56 Å². The van der Waals surface area contributed by atoms with Gasteiger partial charge in [-0.05, 0) is 23.8 Å². The smallest absolute Gasteiger partial charge is 0.339 e. The number of esters is 1. The Labute approximate surface area is 189 Å². The highest BCUT2D eigenvalue weighted by atomic mass is 16.5. The second-order valence-corrected chi connectivity index (χ2v) is 7.95. The summed E-state index contributed by atoms with van der Waals surface area (Å²) in [5, 5.41) is 0.497. The first kappa shape index (κ1) is 20.6. The molecule has 4 aromatic rings. The topological polar surface area (TPSA) is 92.4 Å². The third-order valence-electron chi connectivity index (χ3n) is 5.71. The number of para-hydroxylation sites is 1. The predicted octanol–water partition coefficient (Wildman–Crippen LogP) is 3.75. The normalized spacial score (nSPS) is 14.7. The van der Waals surface area contributed by atoms with Crippen molar-refractivity contribution < 1.29 is 14.3 Å². The van der Waals surface area contributed by atoms with Gasteiger partial charge >= 0.3 is 5.97 Å². The molecule has 1 atom stereocenters. The van der Waals surface area contributed by atoms with E-state index in [-0.39, 0.29) is 24.4 Å². The molecule has 0 saturated carbocycles. The molecule has 7 heteroatoms. The van der Waals surface area contributed by atoms with E-state index in [1.165, 1.54) is 0 Å². The molecule has 3 aromatic carbocycles. The summed E-state index contributed by atoms with van der Waals surface area (Å²) < 4.78 is 5.47. The van der Waals surface area contributed by atoms with Crippen LogP contribution in [-0.2, 0) is 22.6 Å². The lowest BCUT2D eigenvalue weighted by Gasteiger charge is -2.24. The zero-order chi connectivity index (χ0) is 22.8. The number of cyclic esters (lactones) is 1. The van der Waals surface area contributed by atoms with E-state index in [1.54, 1.807) is 35.2 Å². The van der Waals surface area contributed by atoms with Crippen LogP contribution >= 0.6 is 0 Å². The van der Waals surface area contributed by atoms with Gasteiger partial charge in [-0.1, -0.05) is 60.7 Å². The van der Waals surface area contributed by atoms with Gasteiger partial charge in [0.25, 0.3) is 5.56 Å². The molecule has 1 aliphatic rings. The lowest BCUT2D eigenvalue weighted by atomic mass is 10.0. The standard InChI is InChI=1S/C26H21N3O4/c30-24(14-22-18-10-4-5-11-19(18)26(32)33-22)29(15-17-8-2-1-3-9-17)16-23-27-21-13-7-6-12-20(21)25(31)28-23/h1-13,22H,14-16H2,(H,27,28,31)/t22-/m1/s1. The van der Waals surface area contributed by atoms with Gasteiger partial charge in [-0.25, -0.2) is 9.78 Å². The number of aromatic nitrogens is 2. The summed E-state index contributed by atoms with van der Waals surface area (Å²) in [7, 11) is 0. The Morgan fingerprint density at radius 1 is 0.909 bits per heavy atom. The van der Waals surface area contributed by atoms with Crippen LogP contribution in [0.2, 0.25) is 0 Å².